The van der Waals surface area contributed by atoms with Crippen LogP contribution in [0, 0.1) is 13.8 Å². The molecule has 0 atom stereocenters. The molecule has 0 bridgehead atoms. The molecular formula is C21H25N7O. The third-order valence-corrected chi connectivity index (χ3v) is 5.12. The Morgan fingerprint density at radius 1 is 1.07 bits per heavy atom. The van der Waals surface area contributed by atoms with E-state index in [-0.39, 0.29) is 5.91 Å². The Hall–Kier alpha value is -3.26. The Balaban J connectivity index is 1.37. The van der Waals surface area contributed by atoms with Gasteiger partial charge in [-0.15, -0.1) is 0 Å². The van der Waals surface area contributed by atoms with Crippen molar-refractivity contribution in [2.75, 3.05) is 42.9 Å². The van der Waals surface area contributed by atoms with Crippen LogP contribution in [0.25, 0.3) is 5.82 Å². The fourth-order valence-electron chi connectivity index (χ4n) is 3.76. The maximum absolute atomic E-state index is 12.3. The zero-order valence-electron chi connectivity index (χ0n) is 16.7. The van der Waals surface area contributed by atoms with Crippen molar-refractivity contribution in [3.05, 3.63) is 60.3 Å². The van der Waals surface area contributed by atoms with E-state index in [4.69, 9.17) is 5.10 Å². The Morgan fingerprint density at radius 2 is 1.90 bits per heavy atom. The summed E-state index contributed by atoms with van der Waals surface area (Å²) in [7, 11) is 0. The van der Waals surface area contributed by atoms with Crippen LogP contribution in [0.15, 0.2) is 48.9 Å². The zero-order chi connectivity index (χ0) is 20.2. The van der Waals surface area contributed by atoms with Gasteiger partial charge >= 0.3 is 0 Å². The highest BCUT2D eigenvalue weighted by Crippen LogP contribution is 2.27. The van der Waals surface area contributed by atoms with Gasteiger partial charge < -0.3 is 10.2 Å². The molecule has 29 heavy (non-hydrogen) atoms. The van der Waals surface area contributed by atoms with E-state index in [1.807, 2.05) is 41.9 Å². The van der Waals surface area contributed by atoms with E-state index in [2.05, 4.69) is 32.0 Å². The second-order valence-corrected chi connectivity index (χ2v) is 7.17. The van der Waals surface area contributed by atoms with Crippen molar-refractivity contribution < 1.29 is 4.79 Å². The monoisotopic (exact) mass is 391 g/mol. The quantitative estimate of drug-likeness (QED) is 0.717. The Labute approximate surface area is 170 Å². The lowest BCUT2D eigenvalue weighted by molar-refractivity contribution is -0.117. The van der Waals surface area contributed by atoms with Crippen molar-refractivity contribution in [1.82, 2.24) is 24.6 Å². The van der Waals surface area contributed by atoms with Crippen molar-refractivity contribution in [2.24, 2.45) is 0 Å². The summed E-state index contributed by atoms with van der Waals surface area (Å²) in [5.74, 6) is 0.812. The molecule has 0 unspecified atom stereocenters. The molecular weight excluding hydrogens is 366 g/mol. The summed E-state index contributed by atoms with van der Waals surface area (Å²) in [6.07, 6.45) is 5.12. The van der Waals surface area contributed by atoms with Gasteiger partial charge in [0.1, 0.15) is 0 Å². The average molecular weight is 391 g/mol. The fourth-order valence-corrected chi connectivity index (χ4v) is 3.76. The van der Waals surface area contributed by atoms with Crippen LogP contribution in [0.3, 0.4) is 0 Å². The number of hydrogen-bond acceptors (Lipinski definition) is 6. The summed E-state index contributed by atoms with van der Waals surface area (Å²) in [6, 6.07) is 9.48. The smallest absolute Gasteiger partial charge is 0.238 e. The molecule has 1 aliphatic rings. The number of rotatable bonds is 5. The molecule has 8 heteroatoms. The predicted molar refractivity (Wildman–Crippen MR) is 112 cm³/mol. The molecule has 150 valence electrons. The van der Waals surface area contributed by atoms with Crippen molar-refractivity contribution in [1.29, 1.82) is 0 Å². The molecule has 1 amide bonds. The van der Waals surface area contributed by atoms with Crippen LogP contribution in [0.4, 0.5) is 11.4 Å². The van der Waals surface area contributed by atoms with E-state index in [0.29, 0.717) is 6.54 Å². The maximum Gasteiger partial charge on any atom is 0.238 e. The van der Waals surface area contributed by atoms with Gasteiger partial charge in [-0.25, -0.2) is 9.67 Å². The number of piperazine rings is 1. The van der Waals surface area contributed by atoms with Gasteiger partial charge in [0.15, 0.2) is 5.82 Å². The summed E-state index contributed by atoms with van der Waals surface area (Å²) in [4.78, 5) is 25.3. The standard InChI is InChI=1S/C21H25N7O/c1-16-21(17(2)28(25-16)19-7-3-4-9-23-19)27-12-10-26(11-13-27)15-20(29)24-18-6-5-8-22-14-18/h3-9,14H,10-13,15H2,1-2H3,(H,24,29). The lowest BCUT2D eigenvalue weighted by Gasteiger charge is -2.35. The van der Waals surface area contributed by atoms with Crippen LogP contribution in [0.5, 0.6) is 0 Å². The third-order valence-electron chi connectivity index (χ3n) is 5.12. The maximum atomic E-state index is 12.3. The van der Waals surface area contributed by atoms with Crippen LogP contribution in [0.2, 0.25) is 0 Å². The number of aromatic nitrogens is 4. The van der Waals surface area contributed by atoms with Gasteiger partial charge in [-0.1, -0.05) is 6.07 Å². The van der Waals surface area contributed by atoms with Crippen LogP contribution in [-0.4, -0.2) is 63.3 Å². The Kier molecular flexibility index (Phi) is 5.53. The average Bonchev–Trinajstić information content (AvgIpc) is 3.04. The number of carbonyl (C=O) groups is 1. The highest BCUT2D eigenvalue weighted by Gasteiger charge is 2.24. The number of anilines is 2. The highest BCUT2D eigenvalue weighted by molar-refractivity contribution is 5.92. The number of hydrogen-bond donors (Lipinski definition) is 1. The van der Waals surface area contributed by atoms with Gasteiger partial charge in [0.05, 0.1) is 35.5 Å². The van der Waals surface area contributed by atoms with E-state index >= 15 is 0 Å². The summed E-state index contributed by atoms with van der Waals surface area (Å²) >= 11 is 0. The molecule has 3 aromatic rings. The molecule has 0 radical (unpaired) electrons. The van der Waals surface area contributed by atoms with E-state index in [0.717, 1.165) is 54.8 Å². The number of pyridine rings is 2. The predicted octanol–water partition coefficient (Wildman–Crippen LogP) is 2.04. The number of nitrogens with zero attached hydrogens (tertiary/aromatic N) is 6. The molecule has 8 nitrogen and oxygen atoms in total. The second-order valence-electron chi connectivity index (χ2n) is 7.17. The van der Waals surface area contributed by atoms with Gasteiger partial charge in [0.2, 0.25) is 5.91 Å². The van der Waals surface area contributed by atoms with Crippen molar-refractivity contribution in [3.63, 3.8) is 0 Å². The summed E-state index contributed by atoms with van der Waals surface area (Å²) < 4.78 is 1.90. The van der Waals surface area contributed by atoms with Crippen LogP contribution < -0.4 is 10.2 Å². The topological polar surface area (TPSA) is 79.2 Å². The van der Waals surface area contributed by atoms with Crippen LogP contribution in [0.1, 0.15) is 11.4 Å². The molecule has 0 spiro atoms. The summed E-state index contributed by atoms with van der Waals surface area (Å²) in [5.41, 5.74) is 3.97. The molecule has 0 aliphatic carbocycles. The van der Waals surface area contributed by atoms with E-state index in [1.54, 1.807) is 18.6 Å². The van der Waals surface area contributed by atoms with Crippen LogP contribution in [-0.2, 0) is 4.79 Å². The van der Waals surface area contributed by atoms with Gasteiger partial charge in [0, 0.05) is 38.6 Å². The minimum absolute atomic E-state index is 0.0122. The molecule has 0 aromatic carbocycles. The van der Waals surface area contributed by atoms with Gasteiger partial charge in [-0.3, -0.25) is 14.7 Å². The number of aryl methyl sites for hydroxylation is 1. The molecule has 4 rings (SSSR count). The third kappa shape index (κ3) is 4.27. The number of nitrogens with one attached hydrogen (secondary N) is 1. The summed E-state index contributed by atoms with van der Waals surface area (Å²) in [6.45, 7) is 7.87. The summed E-state index contributed by atoms with van der Waals surface area (Å²) in [5, 5.41) is 7.59. The largest absolute Gasteiger partial charge is 0.366 e. The SMILES string of the molecule is Cc1nn(-c2ccccn2)c(C)c1N1CCN(CC(=O)Nc2cccnc2)CC1. The van der Waals surface area contributed by atoms with Gasteiger partial charge in [-0.05, 0) is 38.1 Å². The van der Waals surface area contributed by atoms with Gasteiger partial charge in [0.25, 0.3) is 0 Å². The van der Waals surface area contributed by atoms with E-state index in [1.165, 1.54) is 0 Å². The van der Waals surface area contributed by atoms with Crippen molar-refractivity contribution in [2.45, 2.75) is 13.8 Å². The first-order valence-electron chi connectivity index (χ1n) is 9.76. The minimum atomic E-state index is -0.0122. The number of carbonyl (C=O) groups excluding carboxylic acids is 1. The lowest BCUT2D eigenvalue weighted by atomic mass is 10.2. The molecule has 1 saturated heterocycles. The van der Waals surface area contributed by atoms with Crippen LogP contribution >= 0.6 is 0 Å². The molecule has 1 N–H and O–H groups in total. The molecule has 3 aromatic heterocycles. The Bertz CT molecular complexity index is 963. The highest BCUT2D eigenvalue weighted by atomic mass is 16.2. The van der Waals surface area contributed by atoms with Crippen molar-refractivity contribution in [3.8, 4) is 5.82 Å². The molecule has 1 aliphatic heterocycles. The molecule has 1 fully saturated rings. The lowest BCUT2D eigenvalue weighted by Crippen LogP contribution is -2.49. The van der Waals surface area contributed by atoms with E-state index < -0.39 is 0 Å². The first-order valence-corrected chi connectivity index (χ1v) is 9.76. The fraction of sp³-hybridized carbons (Fsp3) is 0.333. The molecule has 0 saturated carbocycles. The first kappa shape index (κ1) is 19.1. The second kappa shape index (κ2) is 8.40. The molecule has 4 heterocycles. The normalized spacial score (nSPS) is 14.8. The van der Waals surface area contributed by atoms with Gasteiger partial charge in [-0.2, -0.15) is 5.10 Å². The number of amides is 1. The van der Waals surface area contributed by atoms with Crippen molar-refractivity contribution >= 4 is 17.3 Å². The van der Waals surface area contributed by atoms with E-state index in [9.17, 15) is 4.79 Å². The first-order chi connectivity index (χ1) is 14.1. The zero-order valence-corrected chi connectivity index (χ0v) is 16.7. The Morgan fingerprint density at radius 3 is 2.59 bits per heavy atom. The minimum Gasteiger partial charge on any atom is -0.366 e.